The monoisotopic (exact) mass is 220 g/mol. The summed E-state index contributed by atoms with van der Waals surface area (Å²) >= 11 is 0. The Morgan fingerprint density at radius 3 is 2.62 bits per heavy atom. The maximum absolute atomic E-state index is 11.5. The van der Waals surface area contributed by atoms with Gasteiger partial charge in [-0.05, 0) is 17.7 Å². The highest BCUT2D eigenvalue weighted by Crippen LogP contribution is 2.16. The number of carbonyl (C=O) groups excluding carboxylic acids is 1. The molecule has 1 heterocycles. The Kier molecular flexibility index (Phi) is 3.10. The fraction of sp³-hybridized carbons (Fsp3) is 0.417. The van der Waals surface area contributed by atoms with Crippen LogP contribution in [0.2, 0.25) is 0 Å². The average molecular weight is 220 g/mol. The Labute approximate surface area is 95.0 Å². The molecule has 16 heavy (non-hydrogen) atoms. The van der Waals surface area contributed by atoms with E-state index in [-0.39, 0.29) is 11.9 Å². The number of ether oxygens (including phenoxy) is 1. The van der Waals surface area contributed by atoms with E-state index in [1.807, 2.05) is 24.3 Å². The van der Waals surface area contributed by atoms with Crippen LogP contribution in [0.4, 0.5) is 0 Å². The first kappa shape index (κ1) is 11.0. The summed E-state index contributed by atoms with van der Waals surface area (Å²) in [6.45, 7) is 1.29. The molecular formula is C12H16N2O2. The summed E-state index contributed by atoms with van der Waals surface area (Å²) in [6.07, 6.45) is 0.468. The molecule has 1 aliphatic rings. The second kappa shape index (κ2) is 4.53. The van der Waals surface area contributed by atoms with Gasteiger partial charge in [-0.2, -0.15) is 0 Å². The van der Waals surface area contributed by atoms with E-state index in [2.05, 4.69) is 0 Å². The SMILES string of the molecule is COc1ccc(CN2CC(N)CC2=O)cc1. The second-order valence-corrected chi connectivity index (χ2v) is 4.09. The predicted molar refractivity (Wildman–Crippen MR) is 61.0 cm³/mol. The van der Waals surface area contributed by atoms with Crippen LogP contribution in [0.5, 0.6) is 5.75 Å². The lowest BCUT2D eigenvalue weighted by atomic mass is 10.2. The maximum atomic E-state index is 11.5. The fourth-order valence-corrected chi connectivity index (χ4v) is 1.91. The Bertz CT molecular complexity index is 375. The third-order valence-corrected chi connectivity index (χ3v) is 2.78. The number of nitrogens with two attached hydrogens (primary N) is 1. The minimum Gasteiger partial charge on any atom is -0.497 e. The highest BCUT2D eigenvalue weighted by Gasteiger charge is 2.26. The van der Waals surface area contributed by atoms with E-state index in [4.69, 9.17) is 10.5 Å². The van der Waals surface area contributed by atoms with Crippen molar-refractivity contribution in [2.24, 2.45) is 5.73 Å². The van der Waals surface area contributed by atoms with Crippen LogP contribution in [0.1, 0.15) is 12.0 Å². The van der Waals surface area contributed by atoms with E-state index in [1.165, 1.54) is 0 Å². The molecule has 1 unspecified atom stereocenters. The molecule has 0 saturated carbocycles. The van der Waals surface area contributed by atoms with Crippen LogP contribution in [-0.4, -0.2) is 30.5 Å². The van der Waals surface area contributed by atoms with Gasteiger partial charge in [-0.1, -0.05) is 12.1 Å². The number of hydrogen-bond acceptors (Lipinski definition) is 3. The zero-order chi connectivity index (χ0) is 11.5. The molecule has 1 aliphatic heterocycles. The summed E-state index contributed by atoms with van der Waals surface area (Å²) in [5.74, 6) is 0.969. The molecule has 0 aromatic heterocycles. The molecule has 1 aromatic rings. The zero-order valence-corrected chi connectivity index (χ0v) is 9.35. The molecule has 0 bridgehead atoms. The van der Waals surface area contributed by atoms with Gasteiger partial charge >= 0.3 is 0 Å². The van der Waals surface area contributed by atoms with Gasteiger partial charge in [0.05, 0.1) is 7.11 Å². The highest BCUT2D eigenvalue weighted by atomic mass is 16.5. The number of hydrogen-bond donors (Lipinski definition) is 1. The van der Waals surface area contributed by atoms with E-state index in [0.717, 1.165) is 11.3 Å². The minimum atomic E-state index is -0.00857. The molecule has 1 aromatic carbocycles. The van der Waals surface area contributed by atoms with Gasteiger partial charge in [-0.3, -0.25) is 4.79 Å². The molecule has 0 spiro atoms. The molecule has 4 heteroatoms. The lowest BCUT2D eigenvalue weighted by molar-refractivity contribution is -0.128. The van der Waals surface area contributed by atoms with Gasteiger partial charge in [0.2, 0.25) is 5.91 Å². The summed E-state index contributed by atoms with van der Waals surface area (Å²) in [5.41, 5.74) is 6.83. The number of nitrogens with zero attached hydrogens (tertiary/aromatic N) is 1. The van der Waals surface area contributed by atoms with Crippen LogP contribution in [0.15, 0.2) is 24.3 Å². The third kappa shape index (κ3) is 2.33. The largest absolute Gasteiger partial charge is 0.497 e. The van der Waals surface area contributed by atoms with Gasteiger partial charge in [-0.15, -0.1) is 0 Å². The fourth-order valence-electron chi connectivity index (χ4n) is 1.91. The summed E-state index contributed by atoms with van der Waals surface area (Å²) in [5, 5.41) is 0. The van der Waals surface area contributed by atoms with E-state index in [9.17, 15) is 4.79 Å². The summed E-state index contributed by atoms with van der Waals surface area (Å²) in [6, 6.07) is 7.73. The molecule has 1 amide bonds. The minimum absolute atomic E-state index is 0.00857. The van der Waals surface area contributed by atoms with Gasteiger partial charge in [0, 0.05) is 25.6 Å². The number of amides is 1. The molecule has 0 radical (unpaired) electrons. The lowest BCUT2D eigenvalue weighted by Crippen LogP contribution is -2.27. The molecule has 2 rings (SSSR count). The molecular weight excluding hydrogens is 204 g/mol. The van der Waals surface area contributed by atoms with Gasteiger partial charge in [0.1, 0.15) is 5.75 Å². The van der Waals surface area contributed by atoms with Crippen LogP contribution < -0.4 is 10.5 Å². The topological polar surface area (TPSA) is 55.6 Å². The quantitative estimate of drug-likeness (QED) is 0.818. The number of methoxy groups -OCH3 is 1. The number of likely N-dealkylation sites (tertiary alicyclic amines) is 1. The van der Waals surface area contributed by atoms with E-state index in [0.29, 0.717) is 19.5 Å². The summed E-state index contributed by atoms with van der Waals surface area (Å²) in [4.78, 5) is 13.3. The van der Waals surface area contributed by atoms with Crippen molar-refractivity contribution in [3.8, 4) is 5.75 Å². The Morgan fingerprint density at radius 2 is 2.12 bits per heavy atom. The van der Waals surface area contributed by atoms with Crippen molar-refractivity contribution in [3.05, 3.63) is 29.8 Å². The van der Waals surface area contributed by atoms with Gasteiger partial charge in [-0.25, -0.2) is 0 Å². The van der Waals surface area contributed by atoms with Crippen molar-refractivity contribution >= 4 is 5.91 Å². The standard InChI is InChI=1S/C12H16N2O2/c1-16-11-4-2-9(3-5-11)7-14-8-10(13)6-12(14)15/h2-5,10H,6-8,13H2,1H3. The van der Waals surface area contributed by atoms with Crippen molar-refractivity contribution in [2.45, 2.75) is 19.0 Å². The molecule has 1 fully saturated rings. The molecule has 0 aliphatic carbocycles. The lowest BCUT2D eigenvalue weighted by Gasteiger charge is -2.16. The van der Waals surface area contributed by atoms with Crippen molar-refractivity contribution in [2.75, 3.05) is 13.7 Å². The van der Waals surface area contributed by atoms with Crippen LogP contribution >= 0.6 is 0 Å². The normalized spacial score (nSPS) is 20.2. The third-order valence-electron chi connectivity index (χ3n) is 2.78. The first-order valence-electron chi connectivity index (χ1n) is 5.35. The number of carbonyl (C=O) groups is 1. The number of rotatable bonds is 3. The first-order chi connectivity index (χ1) is 7.69. The smallest absolute Gasteiger partial charge is 0.224 e. The molecule has 86 valence electrons. The van der Waals surface area contributed by atoms with E-state index >= 15 is 0 Å². The van der Waals surface area contributed by atoms with Gasteiger partial charge in [0.15, 0.2) is 0 Å². The molecule has 1 atom stereocenters. The van der Waals surface area contributed by atoms with Crippen molar-refractivity contribution in [1.82, 2.24) is 4.90 Å². The predicted octanol–water partition coefficient (Wildman–Crippen LogP) is 0.755. The van der Waals surface area contributed by atoms with Gasteiger partial charge < -0.3 is 15.4 Å². The van der Waals surface area contributed by atoms with E-state index < -0.39 is 0 Å². The number of benzene rings is 1. The van der Waals surface area contributed by atoms with Crippen molar-refractivity contribution in [1.29, 1.82) is 0 Å². The Hall–Kier alpha value is -1.55. The van der Waals surface area contributed by atoms with Crippen LogP contribution in [0.25, 0.3) is 0 Å². The van der Waals surface area contributed by atoms with Crippen molar-refractivity contribution < 1.29 is 9.53 Å². The first-order valence-corrected chi connectivity index (χ1v) is 5.35. The van der Waals surface area contributed by atoms with Crippen LogP contribution in [0.3, 0.4) is 0 Å². The Balaban J connectivity index is 2.01. The molecule has 1 saturated heterocycles. The van der Waals surface area contributed by atoms with Crippen molar-refractivity contribution in [3.63, 3.8) is 0 Å². The summed E-state index contributed by atoms with van der Waals surface area (Å²) in [7, 11) is 1.64. The van der Waals surface area contributed by atoms with Crippen LogP contribution in [0, 0.1) is 0 Å². The average Bonchev–Trinajstić information content (AvgIpc) is 2.59. The van der Waals surface area contributed by atoms with Crippen LogP contribution in [-0.2, 0) is 11.3 Å². The second-order valence-electron chi connectivity index (χ2n) is 4.09. The molecule has 2 N–H and O–H groups in total. The van der Waals surface area contributed by atoms with E-state index in [1.54, 1.807) is 12.0 Å². The molecule has 4 nitrogen and oxygen atoms in total. The maximum Gasteiger partial charge on any atom is 0.224 e. The zero-order valence-electron chi connectivity index (χ0n) is 9.35. The summed E-state index contributed by atoms with van der Waals surface area (Å²) < 4.78 is 5.08. The highest BCUT2D eigenvalue weighted by molar-refractivity contribution is 5.79. The Morgan fingerprint density at radius 1 is 1.44 bits per heavy atom. The van der Waals surface area contributed by atoms with Gasteiger partial charge in [0.25, 0.3) is 0 Å².